The van der Waals surface area contributed by atoms with E-state index in [2.05, 4.69) is 51.7 Å². The molecule has 0 aromatic heterocycles. The van der Waals surface area contributed by atoms with Crippen LogP contribution in [-0.4, -0.2) is 44.1 Å². The third-order valence-electron chi connectivity index (χ3n) is 4.32. The summed E-state index contributed by atoms with van der Waals surface area (Å²) in [5, 5.41) is 6.79. The molecule has 0 saturated carbocycles. The van der Waals surface area contributed by atoms with Gasteiger partial charge in [-0.1, -0.05) is 38.3 Å². The van der Waals surface area contributed by atoms with Crippen molar-refractivity contribution < 1.29 is 0 Å². The van der Waals surface area contributed by atoms with Crippen molar-refractivity contribution >= 4 is 23.4 Å². The number of rotatable bonds is 8. The van der Waals surface area contributed by atoms with Crippen LogP contribution in [0.2, 0.25) is 0 Å². The second-order valence-corrected chi connectivity index (χ2v) is 7.40. The first kappa shape index (κ1) is 19.0. The topological polar surface area (TPSA) is 39.7 Å². The third kappa shape index (κ3) is 6.63. The van der Waals surface area contributed by atoms with Crippen molar-refractivity contribution in [1.29, 1.82) is 0 Å². The molecule has 0 radical (unpaired) electrons. The maximum Gasteiger partial charge on any atom is 0.191 e. The number of aliphatic imine (C=N–C) groups is 1. The third-order valence-corrected chi connectivity index (χ3v) is 5.26. The first-order valence-corrected chi connectivity index (χ1v) is 10.3. The minimum atomic E-state index is 0.810. The summed E-state index contributed by atoms with van der Waals surface area (Å²) in [6.45, 7) is 6.37. The van der Waals surface area contributed by atoms with Crippen molar-refractivity contribution in [1.82, 2.24) is 10.6 Å². The van der Waals surface area contributed by atoms with Crippen LogP contribution < -0.4 is 15.5 Å². The van der Waals surface area contributed by atoms with Crippen molar-refractivity contribution in [3.05, 3.63) is 29.8 Å². The Morgan fingerprint density at radius 1 is 1.08 bits per heavy atom. The highest BCUT2D eigenvalue weighted by Crippen LogP contribution is 2.19. The average molecular weight is 349 g/mol. The van der Waals surface area contributed by atoms with Crippen LogP contribution in [0.4, 0.5) is 5.69 Å². The second kappa shape index (κ2) is 11.2. The maximum atomic E-state index is 4.30. The smallest absolute Gasteiger partial charge is 0.191 e. The molecule has 0 bridgehead atoms. The van der Waals surface area contributed by atoms with E-state index in [4.69, 9.17) is 0 Å². The highest BCUT2D eigenvalue weighted by Gasteiger charge is 2.10. The van der Waals surface area contributed by atoms with Gasteiger partial charge in [0.2, 0.25) is 0 Å². The minimum absolute atomic E-state index is 0.810. The molecule has 1 fully saturated rings. The van der Waals surface area contributed by atoms with Crippen LogP contribution >= 0.6 is 11.8 Å². The number of guanidine groups is 1. The molecule has 1 aromatic carbocycles. The number of hydrogen-bond donors (Lipinski definition) is 2. The Kier molecular flexibility index (Phi) is 8.88. The molecule has 0 atom stereocenters. The summed E-state index contributed by atoms with van der Waals surface area (Å²) in [4.78, 5) is 6.77. The predicted octanol–water partition coefficient (Wildman–Crippen LogP) is 3.49. The highest BCUT2D eigenvalue weighted by atomic mass is 32.2. The maximum absolute atomic E-state index is 4.30. The fourth-order valence-electron chi connectivity index (χ4n) is 2.81. The van der Waals surface area contributed by atoms with Crippen LogP contribution in [0.3, 0.4) is 0 Å². The predicted molar refractivity (Wildman–Crippen MR) is 108 cm³/mol. The van der Waals surface area contributed by atoms with Gasteiger partial charge in [0.15, 0.2) is 5.96 Å². The van der Waals surface area contributed by atoms with E-state index in [9.17, 15) is 0 Å². The van der Waals surface area contributed by atoms with Crippen molar-refractivity contribution in [2.75, 3.05) is 43.1 Å². The van der Waals surface area contributed by atoms with Gasteiger partial charge in [0.1, 0.15) is 0 Å². The van der Waals surface area contributed by atoms with Gasteiger partial charge in [-0.25, -0.2) is 0 Å². The molecule has 1 aromatic rings. The number of unbranched alkanes of at least 4 members (excludes halogenated alkanes) is 3. The Morgan fingerprint density at radius 2 is 1.83 bits per heavy atom. The van der Waals surface area contributed by atoms with Crippen LogP contribution in [0.1, 0.15) is 38.2 Å². The average Bonchev–Trinajstić information content (AvgIpc) is 2.65. The van der Waals surface area contributed by atoms with Gasteiger partial charge in [0, 0.05) is 50.4 Å². The van der Waals surface area contributed by atoms with Crippen LogP contribution in [-0.2, 0) is 6.54 Å². The molecule has 24 heavy (non-hydrogen) atoms. The normalized spacial score (nSPS) is 15.4. The van der Waals surface area contributed by atoms with Crippen LogP contribution in [0.25, 0.3) is 0 Å². The molecule has 0 amide bonds. The molecule has 4 nitrogen and oxygen atoms in total. The highest BCUT2D eigenvalue weighted by molar-refractivity contribution is 7.99. The number of benzene rings is 1. The molecule has 0 spiro atoms. The number of anilines is 1. The van der Waals surface area contributed by atoms with E-state index in [0.29, 0.717) is 0 Å². The fraction of sp³-hybridized carbons (Fsp3) is 0.632. The van der Waals surface area contributed by atoms with Gasteiger partial charge in [-0.3, -0.25) is 4.99 Å². The molecule has 0 unspecified atom stereocenters. The fourth-order valence-corrected chi connectivity index (χ4v) is 3.71. The summed E-state index contributed by atoms with van der Waals surface area (Å²) in [5.74, 6) is 3.37. The zero-order valence-corrected chi connectivity index (χ0v) is 16.0. The SMILES string of the molecule is CCCCCCNC(=NC)NCc1ccc(N2CCSCC2)cc1. The van der Waals surface area contributed by atoms with Crippen molar-refractivity contribution in [2.45, 2.75) is 39.2 Å². The standard InChI is InChI=1S/C19H32N4S/c1-3-4-5-6-11-21-19(20-2)22-16-17-7-9-18(10-8-17)23-12-14-24-15-13-23/h7-10H,3-6,11-16H2,1-2H3,(H2,20,21,22). The van der Waals surface area contributed by atoms with E-state index >= 15 is 0 Å². The van der Waals surface area contributed by atoms with Crippen LogP contribution in [0.15, 0.2) is 29.3 Å². The summed E-state index contributed by atoms with van der Waals surface area (Å²) in [6.07, 6.45) is 5.09. The lowest BCUT2D eigenvalue weighted by atomic mass is 10.2. The molecular weight excluding hydrogens is 316 g/mol. The number of nitrogens with zero attached hydrogens (tertiary/aromatic N) is 2. The Balaban J connectivity index is 1.72. The molecule has 1 saturated heterocycles. The Hall–Kier alpha value is -1.36. The molecule has 1 aliphatic heterocycles. The molecule has 2 rings (SSSR count). The minimum Gasteiger partial charge on any atom is -0.370 e. The molecule has 1 heterocycles. The van der Waals surface area contributed by atoms with Gasteiger partial charge in [-0.2, -0.15) is 11.8 Å². The summed E-state index contributed by atoms with van der Waals surface area (Å²) in [6, 6.07) is 8.93. The van der Waals surface area contributed by atoms with Gasteiger partial charge in [-0.05, 0) is 24.1 Å². The second-order valence-electron chi connectivity index (χ2n) is 6.18. The Bertz CT molecular complexity index is 481. The van der Waals surface area contributed by atoms with Crippen LogP contribution in [0.5, 0.6) is 0 Å². The molecule has 0 aliphatic carbocycles. The molecular formula is C19H32N4S. The van der Waals surface area contributed by atoms with E-state index in [0.717, 1.165) is 32.1 Å². The van der Waals surface area contributed by atoms with Crippen molar-refractivity contribution in [3.63, 3.8) is 0 Å². The lowest BCUT2D eigenvalue weighted by molar-refractivity contribution is 0.647. The number of hydrogen-bond acceptors (Lipinski definition) is 3. The Morgan fingerprint density at radius 3 is 2.50 bits per heavy atom. The van der Waals surface area contributed by atoms with E-state index < -0.39 is 0 Å². The summed E-state index contributed by atoms with van der Waals surface area (Å²) < 4.78 is 0. The first-order chi connectivity index (χ1) is 11.8. The van der Waals surface area contributed by atoms with Gasteiger partial charge < -0.3 is 15.5 Å². The van der Waals surface area contributed by atoms with Crippen LogP contribution in [0, 0.1) is 0 Å². The quantitative estimate of drug-likeness (QED) is 0.429. The van der Waals surface area contributed by atoms with E-state index in [1.54, 1.807) is 0 Å². The summed E-state index contributed by atoms with van der Waals surface area (Å²) in [5.41, 5.74) is 2.64. The van der Waals surface area contributed by atoms with Crippen molar-refractivity contribution in [2.24, 2.45) is 4.99 Å². The monoisotopic (exact) mass is 348 g/mol. The van der Waals surface area contributed by atoms with E-state index in [1.807, 2.05) is 18.8 Å². The van der Waals surface area contributed by atoms with Gasteiger partial charge in [0.05, 0.1) is 0 Å². The first-order valence-electron chi connectivity index (χ1n) is 9.19. The summed E-state index contributed by atoms with van der Waals surface area (Å²) in [7, 11) is 1.83. The lowest BCUT2D eigenvalue weighted by Crippen LogP contribution is -2.37. The molecule has 5 heteroatoms. The largest absolute Gasteiger partial charge is 0.370 e. The summed E-state index contributed by atoms with van der Waals surface area (Å²) >= 11 is 2.05. The van der Waals surface area contributed by atoms with E-state index in [1.165, 1.54) is 48.4 Å². The number of thioether (sulfide) groups is 1. The lowest BCUT2D eigenvalue weighted by Gasteiger charge is -2.28. The Labute approximate surface area is 151 Å². The van der Waals surface area contributed by atoms with Gasteiger partial charge >= 0.3 is 0 Å². The van der Waals surface area contributed by atoms with Gasteiger partial charge in [-0.15, -0.1) is 0 Å². The van der Waals surface area contributed by atoms with Gasteiger partial charge in [0.25, 0.3) is 0 Å². The van der Waals surface area contributed by atoms with Crippen molar-refractivity contribution in [3.8, 4) is 0 Å². The van der Waals surface area contributed by atoms with E-state index in [-0.39, 0.29) is 0 Å². The zero-order valence-electron chi connectivity index (χ0n) is 15.2. The molecule has 134 valence electrons. The number of nitrogens with one attached hydrogen (secondary N) is 2. The zero-order chi connectivity index (χ0) is 17.0. The molecule has 1 aliphatic rings. The molecule has 2 N–H and O–H groups in total.